The van der Waals surface area contributed by atoms with Crippen molar-refractivity contribution in [3.05, 3.63) is 22.3 Å². The van der Waals surface area contributed by atoms with Gasteiger partial charge in [-0.1, -0.05) is 23.2 Å². The van der Waals surface area contributed by atoms with E-state index in [2.05, 4.69) is 11.1 Å². The van der Waals surface area contributed by atoms with Gasteiger partial charge < -0.3 is 4.90 Å². The average molecular weight is 230 g/mol. The van der Waals surface area contributed by atoms with Gasteiger partial charge in [0.05, 0.1) is 22.5 Å². The van der Waals surface area contributed by atoms with Gasteiger partial charge in [-0.3, -0.25) is 0 Å². The second-order valence-corrected chi connectivity index (χ2v) is 3.63. The van der Waals surface area contributed by atoms with Crippen LogP contribution in [0.25, 0.3) is 0 Å². The number of nitrogens with zero attached hydrogens (tertiary/aromatic N) is 3. The maximum absolute atomic E-state index is 8.42. The predicted octanol–water partition coefficient (Wildman–Crippen LogP) is 2.74. The number of anilines is 1. The maximum Gasteiger partial charge on any atom is 0.147 e. The van der Waals surface area contributed by atoms with Crippen LogP contribution in [0.3, 0.4) is 0 Å². The largest absolute Gasteiger partial charge is 0.357 e. The van der Waals surface area contributed by atoms with E-state index in [0.29, 0.717) is 28.8 Å². The molecule has 0 amide bonds. The Balaban J connectivity index is 2.80. The van der Waals surface area contributed by atoms with Gasteiger partial charge in [0.2, 0.25) is 0 Å². The Bertz CT molecular complexity index is 360. The summed E-state index contributed by atoms with van der Waals surface area (Å²) in [5, 5.41) is 9.43. The van der Waals surface area contributed by atoms with E-state index in [9.17, 15) is 0 Å². The highest BCUT2D eigenvalue weighted by Gasteiger charge is 2.07. The lowest BCUT2D eigenvalue weighted by molar-refractivity contribution is 0.885. The Morgan fingerprint density at radius 3 is 2.86 bits per heavy atom. The second kappa shape index (κ2) is 5.04. The smallest absolute Gasteiger partial charge is 0.147 e. The number of hydrogen-bond donors (Lipinski definition) is 0. The van der Waals surface area contributed by atoms with Crippen molar-refractivity contribution in [2.24, 2.45) is 0 Å². The molecule has 0 fully saturated rings. The first kappa shape index (κ1) is 11.1. The van der Waals surface area contributed by atoms with Gasteiger partial charge in [-0.05, 0) is 6.07 Å². The summed E-state index contributed by atoms with van der Waals surface area (Å²) >= 11 is 11.6. The standard InChI is InChI=1S/C9H9Cl2N3/c1-14(4-2-3-12)9-8(11)5-7(10)6-13-9/h5-6H,2,4H2,1H3. The molecule has 0 saturated carbocycles. The highest BCUT2D eigenvalue weighted by atomic mass is 35.5. The summed E-state index contributed by atoms with van der Waals surface area (Å²) < 4.78 is 0. The van der Waals surface area contributed by atoms with Crippen LogP contribution in [0.5, 0.6) is 0 Å². The number of nitriles is 1. The van der Waals surface area contributed by atoms with Gasteiger partial charge in [-0.15, -0.1) is 0 Å². The number of halogens is 2. The van der Waals surface area contributed by atoms with Crippen molar-refractivity contribution in [3.63, 3.8) is 0 Å². The van der Waals surface area contributed by atoms with Crippen LogP contribution in [0.15, 0.2) is 12.3 Å². The molecule has 0 unspecified atom stereocenters. The number of aromatic nitrogens is 1. The van der Waals surface area contributed by atoms with Gasteiger partial charge in [-0.25, -0.2) is 4.98 Å². The molecule has 0 spiro atoms. The first-order chi connectivity index (χ1) is 6.65. The molecule has 0 radical (unpaired) electrons. The van der Waals surface area contributed by atoms with E-state index in [-0.39, 0.29) is 0 Å². The number of rotatable bonds is 3. The summed E-state index contributed by atoms with van der Waals surface area (Å²) in [5.74, 6) is 0.645. The summed E-state index contributed by atoms with van der Waals surface area (Å²) in [4.78, 5) is 5.90. The molecular formula is C9H9Cl2N3. The minimum Gasteiger partial charge on any atom is -0.357 e. The Morgan fingerprint density at radius 2 is 2.29 bits per heavy atom. The van der Waals surface area contributed by atoms with E-state index in [4.69, 9.17) is 28.5 Å². The Kier molecular flexibility index (Phi) is 3.99. The van der Waals surface area contributed by atoms with Crippen LogP contribution in [0, 0.1) is 11.3 Å². The van der Waals surface area contributed by atoms with E-state index in [0.717, 1.165) is 0 Å². The molecule has 0 aliphatic heterocycles. The third kappa shape index (κ3) is 2.76. The van der Waals surface area contributed by atoms with E-state index < -0.39 is 0 Å². The number of hydrogen-bond acceptors (Lipinski definition) is 3. The highest BCUT2D eigenvalue weighted by molar-refractivity contribution is 6.35. The molecule has 1 rings (SSSR count). The maximum atomic E-state index is 8.42. The van der Waals surface area contributed by atoms with Crippen LogP contribution in [0.1, 0.15) is 6.42 Å². The van der Waals surface area contributed by atoms with Crippen LogP contribution >= 0.6 is 23.2 Å². The summed E-state index contributed by atoms with van der Waals surface area (Å²) in [5.41, 5.74) is 0. The van der Waals surface area contributed by atoms with Gasteiger partial charge in [0.15, 0.2) is 0 Å². The molecule has 3 nitrogen and oxygen atoms in total. The first-order valence-electron chi connectivity index (χ1n) is 4.04. The van der Waals surface area contributed by atoms with Crippen molar-refractivity contribution >= 4 is 29.0 Å². The SMILES string of the molecule is CN(CCC#N)c1ncc(Cl)cc1Cl. The van der Waals surface area contributed by atoms with Crippen LogP contribution in [-0.4, -0.2) is 18.6 Å². The molecule has 0 saturated heterocycles. The van der Waals surface area contributed by atoms with Crippen LogP contribution in [0.4, 0.5) is 5.82 Å². The molecule has 0 N–H and O–H groups in total. The van der Waals surface area contributed by atoms with Crippen molar-refractivity contribution < 1.29 is 0 Å². The van der Waals surface area contributed by atoms with Crippen molar-refractivity contribution in [2.75, 3.05) is 18.5 Å². The molecule has 1 heterocycles. The van der Waals surface area contributed by atoms with Gasteiger partial charge in [0, 0.05) is 19.8 Å². The first-order valence-corrected chi connectivity index (χ1v) is 4.80. The van der Waals surface area contributed by atoms with E-state index in [1.165, 1.54) is 6.20 Å². The summed E-state index contributed by atoms with van der Waals surface area (Å²) in [6.45, 7) is 0.602. The fraction of sp³-hybridized carbons (Fsp3) is 0.333. The van der Waals surface area contributed by atoms with E-state index >= 15 is 0 Å². The molecule has 0 aliphatic carbocycles. The zero-order valence-electron chi connectivity index (χ0n) is 7.67. The van der Waals surface area contributed by atoms with Gasteiger partial charge >= 0.3 is 0 Å². The molecule has 0 atom stereocenters. The molecule has 0 aliphatic rings. The Labute approximate surface area is 92.9 Å². The van der Waals surface area contributed by atoms with Crippen molar-refractivity contribution in [3.8, 4) is 6.07 Å². The van der Waals surface area contributed by atoms with Gasteiger partial charge in [0.1, 0.15) is 5.82 Å². The van der Waals surface area contributed by atoms with Crippen molar-refractivity contribution in [2.45, 2.75) is 6.42 Å². The molecule has 0 bridgehead atoms. The molecule has 0 aromatic carbocycles. The van der Waals surface area contributed by atoms with E-state index in [1.54, 1.807) is 6.07 Å². The normalized spacial score (nSPS) is 9.57. The fourth-order valence-corrected chi connectivity index (χ4v) is 1.54. The van der Waals surface area contributed by atoms with Crippen molar-refractivity contribution in [1.82, 2.24) is 4.98 Å². The molecular weight excluding hydrogens is 221 g/mol. The van der Waals surface area contributed by atoms with E-state index in [1.807, 2.05) is 11.9 Å². The third-order valence-electron chi connectivity index (χ3n) is 1.71. The van der Waals surface area contributed by atoms with Crippen molar-refractivity contribution in [1.29, 1.82) is 5.26 Å². The second-order valence-electron chi connectivity index (χ2n) is 2.79. The zero-order valence-corrected chi connectivity index (χ0v) is 9.18. The van der Waals surface area contributed by atoms with Gasteiger partial charge in [0.25, 0.3) is 0 Å². The Morgan fingerprint density at radius 1 is 1.57 bits per heavy atom. The van der Waals surface area contributed by atoms with Gasteiger partial charge in [-0.2, -0.15) is 5.26 Å². The highest BCUT2D eigenvalue weighted by Crippen LogP contribution is 2.24. The topological polar surface area (TPSA) is 39.9 Å². The third-order valence-corrected chi connectivity index (χ3v) is 2.19. The molecule has 74 valence electrons. The monoisotopic (exact) mass is 229 g/mol. The lowest BCUT2D eigenvalue weighted by atomic mass is 10.4. The zero-order chi connectivity index (χ0) is 10.6. The minimum absolute atomic E-state index is 0.442. The van der Waals surface area contributed by atoms with Crippen LogP contribution in [-0.2, 0) is 0 Å². The summed E-state index contributed by atoms with van der Waals surface area (Å²) in [7, 11) is 1.83. The average Bonchev–Trinajstić information content (AvgIpc) is 2.14. The predicted molar refractivity (Wildman–Crippen MR) is 57.8 cm³/mol. The lowest BCUT2D eigenvalue weighted by Gasteiger charge is -2.17. The van der Waals surface area contributed by atoms with Crippen LogP contribution in [0.2, 0.25) is 10.0 Å². The quantitative estimate of drug-likeness (QED) is 0.801. The van der Waals surface area contributed by atoms with Crippen LogP contribution < -0.4 is 4.90 Å². The summed E-state index contributed by atoms with van der Waals surface area (Å²) in [6, 6.07) is 3.69. The molecule has 1 aromatic rings. The minimum atomic E-state index is 0.442. The number of pyridine rings is 1. The summed E-state index contributed by atoms with van der Waals surface area (Å²) in [6.07, 6.45) is 1.97. The Hall–Kier alpha value is -0.980. The lowest BCUT2D eigenvalue weighted by Crippen LogP contribution is -2.19. The molecule has 5 heteroatoms. The molecule has 14 heavy (non-hydrogen) atoms. The molecule has 1 aromatic heterocycles. The fourth-order valence-electron chi connectivity index (χ4n) is 1.01.